The van der Waals surface area contributed by atoms with Gasteiger partial charge in [-0.05, 0) is 18.6 Å². The largest absolute Gasteiger partial charge is 0.503 e. The number of carbonyl (C=O) groups is 1. The van der Waals surface area contributed by atoms with Gasteiger partial charge in [0.1, 0.15) is 24.4 Å². The van der Waals surface area contributed by atoms with E-state index in [0.717, 1.165) is 6.07 Å². The third kappa shape index (κ3) is 3.75. The number of phenolic OH excluding ortho intramolecular Hbond substituents is 1. The molecule has 1 aromatic carbocycles. The minimum Gasteiger partial charge on any atom is -0.503 e. The number of ether oxygens (including phenoxy) is 1. The molecule has 1 aliphatic heterocycles. The molecule has 1 fully saturated rings. The summed E-state index contributed by atoms with van der Waals surface area (Å²) in [6.45, 7) is 0.636. The minimum atomic E-state index is -1.76. The van der Waals surface area contributed by atoms with Crippen LogP contribution in [0.4, 0.5) is 8.78 Å². The third-order valence-electron chi connectivity index (χ3n) is 5.01. The number of benzene rings is 1. The monoisotopic (exact) mass is 431 g/mol. The summed E-state index contributed by atoms with van der Waals surface area (Å²) in [5.41, 5.74) is -2.01. The van der Waals surface area contributed by atoms with Crippen LogP contribution in [-0.4, -0.2) is 68.7 Å². The number of aryl methyl sites for hydroxylation is 1. The highest BCUT2D eigenvalue weighted by Gasteiger charge is 2.44. The molecule has 0 radical (unpaired) electrons. The standard InChI is InChI=1S/C18H19F2NO9/c1-5-6-2-8(19)13(24)11(20)16(6)30-17(27)7(5)3-10(23)21-12-15(26)14(25)9(4-22)29-18(12)28/h2,9,12,14-15,18,22,24-26,28H,3-4H2,1H3,(H,21,23)/t9?,12-,14+,15?,18+/m1/s1. The highest BCUT2D eigenvalue weighted by atomic mass is 19.1. The number of rotatable bonds is 4. The van der Waals surface area contributed by atoms with E-state index >= 15 is 0 Å². The first-order valence-corrected chi connectivity index (χ1v) is 8.80. The highest BCUT2D eigenvalue weighted by Crippen LogP contribution is 2.30. The third-order valence-corrected chi connectivity index (χ3v) is 5.01. The Morgan fingerprint density at radius 3 is 2.53 bits per heavy atom. The Kier molecular flexibility index (Phi) is 6.06. The van der Waals surface area contributed by atoms with Gasteiger partial charge in [0.05, 0.1) is 18.6 Å². The number of amides is 1. The summed E-state index contributed by atoms with van der Waals surface area (Å²) in [4.78, 5) is 24.6. The van der Waals surface area contributed by atoms with Crippen molar-refractivity contribution >= 4 is 16.9 Å². The van der Waals surface area contributed by atoms with E-state index in [0.29, 0.717) is 0 Å². The first kappa shape index (κ1) is 22.1. The molecule has 1 amide bonds. The lowest BCUT2D eigenvalue weighted by Gasteiger charge is -2.40. The van der Waals surface area contributed by atoms with Gasteiger partial charge in [-0.3, -0.25) is 4.79 Å². The maximum atomic E-state index is 14.0. The predicted octanol–water partition coefficient (Wildman–Crippen LogP) is -1.46. The normalized spacial score (nSPS) is 26.7. The second-order valence-electron chi connectivity index (χ2n) is 6.89. The molecule has 1 saturated heterocycles. The number of phenols is 1. The molecule has 0 bridgehead atoms. The number of aliphatic hydroxyl groups is 4. The van der Waals surface area contributed by atoms with Crippen molar-refractivity contribution in [3.63, 3.8) is 0 Å². The van der Waals surface area contributed by atoms with Crippen molar-refractivity contribution in [3.8, 4) is 5.75 Å². The number of aliphatic hydroxyl groups excluding tert-OH is 4. The Balaban J connectivity index is 1.87. The second kappa shape index (κ2) is 8.24. The number of halogens is 2. The van der Waals surface area contributed by atoms with Crippen LogP contribution in [0.25, 0.3) is 11.0 Å². The highest BCUT2D eigenvalue weighted by molar-refractivity contribution is 5.86. The SMILES string of the molecule is Cc1c(CC(=O)N[C@@H]2C(O)[C@@H](O)C(CO)O[C@@H]2O)c(=O)oc2c(F)c(O)c(F)cc12. The van der Waals surface area contributed by atoms with Gasteiger partial charge in [0.2, 0.25) is 11.7 Å². The molecule has 0 spiro atoms. The Morgan fingerprint density at radius 2 is 1.90 bits per heavy atom. The second-order valence-corrected chi connectivity index (χ2v) is 6.89. The molecule has 6 N–H and O–H groups in total. The van der Waals surface area contributed by atoms with E-state index in [4.69, 9.17) is 14.3 Å². The topological polar surface area (TPSA) is 170 Å². The van der Waals surface area contributed by atoms with Crippen LogP contribution in [0.15, 0.2) is 15.3 Å². The van der Waals surface area contributed by atoms with E-state index in [2.05, 4.69) is 5.32 Å². The lowest BCUT2D eigenvalue weighted by Crippen LogP contribution is -2.64. The Hall–Kier alpha value is -2.64. The van der Waals surface area contributed by atoms with Crippen LogP contribution in [0.2, 0.25) is 0 Å². The molecule has 2 unspecified atom stereocenters. The molecular weight excluding hydrogens is 412 g/mol. The smallest absolute Gasteiger partial charge is 0.340 e. The number of aromatic hydroxyl groups is 1. The van der Waals surface area contributed by atoms with Gasteiger partial charge in [0.25, 0.3) is 0 Å². The summed E-state index contributed by atoms with van der Waals surface area (Å²) in [6.07, 6.45) is -6.96. The number of fused-ring (bicyclic) bond motifs is 1. The van der Waals surface area contributed by atoms with Crippen LogP contribution in [0.5, 0.6) is 5.75 Å². The van der Waals surface area contributed by atoms with Crippen LogP contribution >= 0.6 is 0 Å². The van der Waals surface area contributed by atoms with Crippen LogP contribution in [0, 0.1) is 18.6 Å². The summed E-state index contributed by atoms with van der Waals surface area (Å²) in [7, 11) is 0. The van der Waals surface area contributed by atoms with E-state index in [9.17, 15) is 38.8 Å². The average molecular weight is 431 g/mol. The quantitative estimate of drug-likeness (QED) is 0.317. The molecule has 1 aliphatic rings. The first-order chi connectivity index (χ1) is 14.1. The van der Waals surface area contributed by atoms with Crippen molar-refractivity contribution in [2.75, 3.05) is 6.61 Å². The van der Waals surface area contributed by atoms with Crippen LogP contribution in [-0.2, 0) is 16.0 Å². The fourth-order valence-corrected chi connectivity index (χ4v) is 3.29. The summed E-state index contributed by atoms with van der Waals surface area (Å²) < 4.78 is 37.4. The summed E-state index contributed by atoms with van der Waals surface area (Å²) in [5.74, 6) is -4.95. The van der Waals surface area contributed by atoms with Crippen molar-refractivity contribution in [2.24, 2.45) is 0 Å². The zero-order chi connectivity index (χ0) is 22.3. The van der Waals surface area contributed by atoms with Gasteiger partial charge in [0.15, 0.2) is 23.4 Å². The predicted molar refractivity (Wildman–Crippen MR) is 94.4 cm³/mol. The van der Waals surface area contributed by atoms with Gasteiger partial charge in [-0.25, -0.2) is 9.18 Å². The molecule has 1 aromatic heterocycles. The molecule has 10 nitrogen and oxygen atoms in total. The molecule has 12 heteroatoms. The van der Waals surface area contributed by atoms with E-state index in [1.807, 2.05) is 0 Å². The van der Waals surface area contributed by atoms with Crippen molar-refractivity contribution < 1.29 is 48.3 Å². The van der Waals surface area contributed by atoms with E-state index in [1.54, 1.807) is 0 Å². The van der Waals surface area contributed by atoms with Crippen LogP contribution < -0.4 is 10.9 Å². The van der Waals surface area contributed by atoms with Crippen molar-refractivity contribution in [3.05, 3.63) is 39.2 Å². The number of nitrogens with one attached hydrogen (secondary N) is 1. The zero-order valence-electron chi connectivity index (χ0n) is 15.5. The van der Waals surface area contributed by atoms with E-state index < -0.39 is 78.2 Å². The molecule has 0 aliphatic carbocycles. The van der Waals surface area contributed by atoms with E-state index in [-0.39, 0.29) is 16.5 Å². The fourth-order valence-electron chi connectivity index (χ4n) is 3.29. The maximum Gasteiger partial charge on any atom is 0.340 e. The van der Waals surface area contributed by atoms with Crippen molar-refractivity contribution in [2.45, 2.75) is 44.0 Å². The lowest BCUT2D eigenvalue weighted by atomic mass is 9.96. The number of carbonyl (C=O) groups excluding carboxylic acids is 1. The fraction of sp³-hybridized carbons (Fsp3) is 0.444. The van der Waals surface area contributed by atoms with Gasteiger partial charge < -0.3 is 40.0 Å². The van der Waals surface area contributed by atoms with Gasteiger partial charge >= 0.3 is 5.63 Å². The number of hydrogen-bond acceptors (Lipinski definition) is 9. The van der Waals surface area contributed by atoms with E-state index in [1.165, 1.54) is 6.92 Å². The molecule has 2 heterocycles. The molecule has 2 aromatic rings. The summed E-state index contributed by atoms with van der Waals surface area (Å²) in [6, 6.07) is -0.726. The van der Waals surface area contributed by atoms with Gasteiger partial charge in [0, 0.05) is 5.39 Å². The van der Waals surface area contributed by atoms with Gasteiger partial charge in [-0.1, -0.05) is 0 Å². The molecule has 5 atom stereocenters. The van der Waals surface area contributed by atoms with Crippen molar-refractivity contribution in [1.29, 1.82) is 0 Å². The molecular formula is C18H19F2NO9. The van der Waals surface area contributed by atoms with Crippen LogP contribution in [0.1, 0.15) is 11.1 Å². The van der Waals surface area contributed by atoms with Gasteiger partial charge in [-0.15, -0.1) is 0 Å². The molecule has 3 rings (SSSR count). The zero-order valence-corrected chi connectivity index (χ0v) is 15.5. The maximum absolute atomic E-state index is 14.0. The molecule has 164 valence electrons. The van der Waals surface area contributed by atoms with Crippen molar-refractivity contribution in [1.82, 2.24) is 5.32 Å². The molecule has 0 saturated carbocycles. The summed E-state index contributed by atoms with van der Waals surface area (Å²) >= 11 is 0. The average Bonchev–Trinajstić information content (AvgIpc) is 2.70. The Labute approximate surface area is 166 Å². The summed E-state index contributed by atoms with van der Waals surface area (Å²) in [5, 5.41) is 50.2. The first-order valence-electron chi connectivity index (χ1n) is 8.80. The Morgan fingerprint density at radius 1 is 1.23 bits per heavy atom. The van der Waals surface area contributed by atoms with Crippen LogP contribution in [0.3, 0.4) is 0 Å². The Bertz CT molecular complexity index is 1040. The minimum absolute atomic E-state index is 0.0237. The molecule has 30 heavy (non-hydrogen) atoms. The number of hydrogen-bond donors (Lipinski definition) is 6. The lowest BCUT2D eigenvalue weighted by molar-refractivity contribution is -0.253. The van der Waals surface area contributed by atoms with Gasteiger partial charge in [-0.2, -0.15) is 4.39 Å².